The minimum Gasteiger partial charge on any atom is -0.483 e. The normalized spacial score (nSPS) is 9.00. The first-order chi connectivity index (χ1) is 6.29. The van der Waals surface area contributed by atoms with E-state index in [1.807, 2.05) is 12.1 Å². The molecule has 0 unspecified atom stereocenters. The van der Waals surface area contributed by atoms with Gasteiger partial charge in [-0.3, -0.25) is 4.79 Å². The summed E-state index contributed by atoms with van der Waals surface area (Å²) < 4.78 is 0. The van der Waals surface area contributed by atoms with E-state index in [1.165, 1.54) is 5.56 Å². The van der Waals surface area contributed by atoms with Crippen molar-refractivity contribution in [2.24, 2.45) is 0 Å². The maximum atomic E-state index is 8.36. The van der Waals surface area contributed by atoms with E-state index in [2.05, 4.69) is 23.0 Å². The number of benzene rings is 1. The standard InChI is InChI=1S/C8H8N2.CH2O2/c1-6-3-2-4-7-8(6)10-5-9-7;2-1-3/h2-5H,1H3,(H,9,10);1H,(H,2,3). The Morgan fingerprint density at radius 3 is 2.85 bits per heavy atom. The largest absolute Gasteiger partial charge is 0.483 e. The fourth-order valence-corrected chi connectivity index (χ4v) is 1.11. The first kappa shape index (κ1) is 9.25. The molecule has 0 radical (unpaired) electrons. The molecule has 13 heavy (non-hydrogen) atoms. The van der Waals surface area contributed by atoms with Crippen LogP contribution in [0, 0.1) is 6.92 Å². The number of imidazole rings is 1. The van der Waals surface area contributed by atoms with Gasteiger partial charge in [0.15, 0.2) is 0 Å². The summed E-state index contributed by atoms with van der Waals surface area (Å²) in [6.07, 6.45) is 1.72. The number of hydrogen-bond donors (Lipinski definition) is 2. The summed E-state index contributed by atoms with van der Waals surface area (Å²) >= 11 is 0. The third-order valence-corrected chi connectivity index (χ3v) is 1.65. The summed E-state index contributed by atoms with van der Waals surface area (Å²) in [5.74, 6) is 0. The summed E-state index contributed by atoms with van der Waals surface area (Å²) in [6.45, 7) is 1.81. The lowest BCUT2D eigenvalue weighted by atomic mass is 10.2. The fraction of sp³-hybridized carbons (Fsp3) is 0.111. The van der Waals surface area contributed by atoms with Crippen molar-refractivity contribution in [2.75, 3.05) is 0 Å². The van der Waals surface area contributed by atoms with Crippen molar-refractivity contribution in [3.05, 3.63) is 30.1 Å². The summed E-state index contributed by atoms with van der Waals surface area (Å²) in [5, 5.41) is 6.89. The van der Waals surface area contributed by atoms with Gasteiger partial charge in [0.25, 0.3) is 6.47 Å². The van der Waals surface area contributed by atoms with Crippen molar-refractivity contribution >= 4 is 17.5 Å². The van der Waals surface area contributed by atoms with Crippen molar-refractivity contribution in [2.45, 2.75) is 6.92 Å². The van der Waals surface area contributed by atoms with E-state index in [0.717, 1.165) is 11.0 Å². The molecule has 0 amide bonds. The van der Waals surface area contributed by atoms with Crippen molar-refractivity contribution in [1.82, 2.24) is 9.97 Å². The predicted octanol–water partition coefficient (Wildman–Crippen LogP) is 1.57. The number of aromatic nitrogens is 2. The third-order valence-electron chi connectivity index (χ3n) is 1.65. The Hall–Kier alpha value is -1.84. The lowest BCUT2D eigenvalue weighted by Gasteiger charge is -1.90. The van der Waals surface area contributed by atoms with Gasteiger partial charge in [-0.05, 0) is 18.6 Å². The number of nitrogens with one attached hydrogen (secondary N) is 1. The number of rotatable bonds is 0. The highest BCUT2D eigenvalue weighted by Crippen LogP contribution is 2.12. The Balaban J connectivity index is 0.000000251. The fourth-order valence-electron chi connectivity index (χ4n) is 1.11. The maximum absolute atomic E-state index is 8.36. The summed E-state index contributed by atoms with van der Waals surface area (Å²) in [5.41, 5.74) is 3.40. The number of para-hydroxylation sites is 1. The quantitative estimate of drug-likeness (QED) is 0.602. The molecule has 0 spiro atoms. The van der Waals surface area contributed by atoms with Crippen molar-refractivity contribution in [3.8, 4) is 0 Å². The zero-order chi connectivity index (χ0) is 9.68. The molecule has 2 rings (SSSR count). The van der Waals surface area contributed by atoms with Gasteiger partial charge in [0.05, 0.1) is 17.4 Å². The highest BCUT2D eigenvalue weighted by Gasteiger charge is 1.95. The molecule has 0 fully saturated rings. The molecule has 1 aromatic carbocycles. The highest BCUT2D eigenvalue weighted by atomic mass is 16.3. The van der Waals surface area contributed by atoms with Gasteiger partial charge in [-0.1, -0.05) is 12.1 Å². The monoisotopic (exact) mass is 178 g/mol. The maximum Gasteiger partial charge on any atom is 0.290 e. The first-order valence-corrected chi connectivity index (χ1v) is 3.76. The average Bonchev–Trinajstić information content (AvgIpc) is 2.54. The minimum absolute atomic E-state index is 0.250. The minimum atomic E-state index is -0.250. The molecule has 68 valence electrons. The van der Waals surface area contributed by atoms with Gasteiger partial charge in [0, 0.05) is 0 Å². The SMILES string of the molecule is Cc1cccc2[nH]cnc12.O=CO. The van der Waals surface area contributed by atoms with E-state index < -0.39 is 0 Å². The second-order valence-corrected chi connectivity index (χ2v) is 2.48. The predicted molar refractivity (Wildman–Crippen MR) is 49.5 cm³/mol. The lowest BCUT2D eigenvalue weighted by Crippen LogP contribution is -1.73. The van der Waals surface area contributed by atoms with Crippen molar-refractivity contribution in [1.29, 1.82) is 0 Å². The van der Waals surface area contributed by atoms with Crippen LogP contribution in [0.5, 0.6) is 0 Å². The van der Waals surface area contributed by atoms with Crippen LogP contribution in [-0.4, -0.2) is 21.5 Å². The van der Waals surface area contributed by atoms with Crippen molar-refractivity contribution < 1.29 is 9.90 Å². The number of carbonyl (C=O) groups is 1. The Labute approximate surface area is 75.2 Å². The molecule has 1 aromatic heterocycles. The van der Waals surface area contributed by atoms with Crippen LogP contribution in [0.1, 0.15) is 5.56 Å². The van der Waals surface area contributed by atoms with Crippen LogP contribution in [0.4, 0.5) is 0 Å². The van der Waals surface area contributed by atoms with Crippen LogP contribution >= 0.6 is 0 Å². The molecule has 0 saturated heterocycles. The summed E-state index contributed by atoms with van der Waals surface area (Å²) in [7, 11) is 0. The van der Waals surface area contributed by atoms with Crippen LogP contribution < -0.4 is 0 Å². The Morgan fingerprint density at radius 1 is 1.54 bits per heavy atom. The second kappa shape index (κ2) is 4.25. The number of carboxylic acid groups (broad SMARTS) is 1. The van der Waals surface area contributed by atoms with E-state index in [-0.39, 0.29) is 6.47 Å². The molecule has 4 nitrogen and oxygen atoms in total. The molecule has 0 aliphatic carbocycles. The molecule has 0 aliphatic rings. The van der Waals surface area contributed by atoms with E-state index >= 15 is 0 Å². The van der Waals surface area contributed by atoms with Crippen LogP contribution in [-0.2, 0) is 4.79 Å². The molecule has 0 saturated carbocycles. The zero-order valence-corrected chi connectivity index (χ0v) is 7.19. The molecule has 2 aromatic rings. The van der Waals surface area contributed by atoms with Crippen LogP contribution in [0.15, 0.2) is 24.5 Å². The van der Waals surface area contributed by atoms with Gasteiger partial charge in [-0.25, -0.2) is 4.98 Å². The zero-order valence-electron chi connectivity index (χ0n) is 7.19. The number of aryl methyl sites for hydroxylation is 1. The smallest absolute Gasteiger partial charge is 0.290 e. The molecule has 2 N–H and O–H groups in total. The number of aromatic amines is 1. The van der Waals surface area contributed by atoms with Gasteiger partial charge in [-0.2, -0.15) is 0 Å². The van der Waals surface area contributed by atoms with Crippen LogP contribution in [0.2, 0.25) is 0 Å². The van der Waals surface area contributed by atoms with E-state index in [1.54, 1.807) is 6.33 Å². The first-order valence-electron chi connectivity index (χ1n) is 3.76. The molecule has 0 aliphatic heterocycles. The van der Waals surface area contributed by atoms with E-state index in [4.69, 9.17) is 9.90 Å². The number of nitrogens with zero attached hydrogens (tertiary/aromatic N) is 1. The van der Waals surface area contributed by atoms with Gasteiger partial charge in [0.2, 0.25) is 0 Å². The second-order valence-electron chi connectivity index (χ2n) is 2.48. The number of hydrogen-bond acceptors (Lipinski definition) is 2. The van der Waals surface area contributed by atoms with Crippen molar-refractivity contribution in [3.63, 3.8) is 0 Å². The van der Waals surface area contributed by atoms with E-state index in [0.29, 0.717) is 0 Å². The Morgan fingerprint density at radius 2 is 2.23 bits per heavy atom. The summed E-state index contributed by atoms with van der Waals surface area (Å²) in [4.78, 5) is 15.6. The van der Waals surface area contributed by atoms with Gasteiger partial charge < -0.3 is 10.1 Å². The third kappa shape index (κ3) is 2.05. The van der Waals surface area contributed by atoms with Crippen LogP contribution in [0.3, 0.4) is 0 Å². The lowest BCUT2D eigenvalue weighted by molar-refractivity contribution is -0.122. The average molecular weight is 178 g/mol. The van der Waals surface area contributed by atoms with Gasteiger partial charge in [0.1, 0.15) is 0 Å². The molecule has 0 bridgehead atoms. The molecule has 1 heterocycles. The number of fused-ring (bicyclic) bond motifs is 1. The van der Waals surface area contributed by atoms with E-state index in [9.17, 15) is 0 Å². The molecule has 4 heteroatoms. The number of H-pyrrole nitrogens is 1. The van der Waals surface area contributed by atoms with Crippen LogP contribution in [0.25, 0.3) is 11.0 Å². The molecular formula is C9H10N2O2. The van der Waals surface area contributed by atoms with Gasteiger partial charge in [-0.15, -0.1) is 0 Å². The van der Waals surface area contributed by atoms with Gasteiger partial charge >= 0.3 is 0 Å². The molecule has 0 atom stereocenters. The highest BCUT2D eigenvalue weighted by molar-refractivity contribution is 5.77. The Kier molecular flexibility index (Phi) is 3.03. The topological polar surface area (TPSA) is 66.0 Å². The molecular weight excluding hydrogens is 168 g/mol. The summed E-state index contributed by atoms with van der Waals surface area (Å²) in [6, 6.07) is 6.11. The Bertz CT molecular complexity index is 395.